The van der Waals surface area contributed by atoms with Crippen molar-refractivity contribution in [2.45, 2.75) is 20.3 Å². The summed E-state index contributed by atoms with van der Waals surface area (Å²) in [5.74, 6) is 2.48. The molecule has 0 N–H and O–H groups in total. The normalized spacial score (nSPS) is 15.2. The summed E-state index contributed by atoms with van der Waals surface area (Å²) >= 11 is 0. The maximum Gasteiger partial charge on any atom is 0.273 e. The zero-order valence-electron chi connectivity index (χ0n) is 13.8. The molecule has 3 heteroatoms. The fourth-order valence-corrected chi connectivity index (χ4v) is 2.50. The zero-order valence-corrected chi connectivity index (χ0v) is 13.8. The molecule has 0 radical (unpaired) electrons. The standard InChI is InChI=1S/C21H19NO2/c1-4-6-7-17(5-2)18-10-12-19(13-11-18)20-14-8-16(3)9-15-21(20)22(23)24/h1,5-8,10-15H,9H2,2-3H3/b7-6-,17-5+. The van der Waals surface area contributed by atoms with E-state index in [-0.39, 0.29) is 10.6 Å². The number of benzene rings is 1. The van der Waals surface area contributed by atoms with E-state index in [0.29, 0.717) is 12.0 Å². The second-order valence-corrected chi connectivity index (χ2v) is 5.47. The zero-order chi connectivity index (χ0) is 17.5. The van der Waals surface area contributed by atoms with E-state index < -0.39 is 0 Å². The molecule has 0 saturated carbocycles. The van der Waals surface area contributed by atoms with Crippen molar-refractivity contribution in [2.75, 3.05) is 0 Å². The molecule has 1 aromatic carbocycles. The highest BCUT2D eigenvalue weighted by Crippen LogP contribution is 2.29. The van der Waals surface area contributed by atoms with Crippen LogP contribution in [0.4, 0.5) is 0 Å². The van der Waals surface area contributed by atoms with E-state index in [2.05, 4.69) is 5.92 Å². The van der Waals surface area contributed by atoms with E-state index in [4.69, 9.17) is 6.42 Å². The van der Waals surface area contributed by atoms with Gasteiger partial charge in [0.15, 0.2) is 0 Å². The second kappa shape index (κ2) is 7.94. The topological polar surface area (TPSA) is 43.1 Å². The quantitative estimate of drug-likeness (QED) is 0.332. The molecule has 3 nitrogen and oxygen atoms in total. The van der Waals surface area contributed by atoms with Crippen LogP contribution in [0.3, 0.4) is 0 Å². The van der Waals surface area contributed by atoms with Gasteiger partial charge in [-0.2, -0.15) is 0 Å². The van der Waals surface area contributed by atoms with Gasteiger partial charge >= 0.3 is 0 Å². The summed E-state index contributed by atoms with van der Waals surface area (Å²) < 4.78 is 0. The lowest BCUT2D eigenvalue weighted by Crippen LogP contribution is -2.01. The molecule has 0 atom stereocenters. The average molecular weight is 317 g/mol. The van der Waals surface area contributed by atoms with E-state index in [9.17, 15) is 10.1 Å². The van der Waals surface area contributed by atoms with Crippen LogP contribution in [0.25, 0.3) is 11.1 Å². The van der Waals surface area contributed by atoms with Crippen molar-refractivity contribution in [3.05, 3.63) is 93.2 Å². The van der Waals surface area contributed by atoms with Crippen LogP contribution >= 0.6 is 0 Å². The molecule has 0 spiro atoms. The van der Waals surface area contributed by atoms with Gasteiger partial charge in [0.05, 0.1) is 10.5 Å². The van der Waals surface area contributed by atoms with Gasteiger partial charge in [0, 0.05) is 0 Å². The van der Waals surface area contributed by atoms with Crippen LogP contribution in [-0.4, -0.2) is 4.92 Å². The minimum Gasteiger partial charge on any atom is -0.258 e. The lowest BCUT2D eigenvalue weighted by molar-refractivity contribution is -0.417. The van der Waals surface area contributed by atoms with Crippen molar-refractivity contribution in [3.8, 4) is 12.3 Å². The van der Waals surface area contributed by atoms with E-state index in [1.54, 1.807) is 12.2 Å². The van der Waals surface area contributed by atoms with Gasteiger partial charge in [-0.25, -0.2) is 0 Å². The van der Waals surface area contributed by atoms with Gasteiger partial charge in [-0.3, -0.25) is 10.1 Å². The molecule has 24 heavy (non-hydrogen) atoms. The number of rotatable bonds is 4. The van der Waals surface area contributed by atoms with E-state index in [1.807, 2.05) is 62.4 Å². The largest absolute Gasteiger partial charge is 0.273 e. The molecule has 0 saturated heterocycles. The van der Waals surface area contributed by atoms with Gasteiger partial charge in [0.2, 0.25) is 0 Å². The Hall–Kier alpha value is -3.12. The first-order valence-corrected chi connectivity index (χ1v) is 7.69. The lowest BCUT2D eigenvalue weighted by Gasteiger charge is -2.07. The summed E-state index contributed by atoms with van der Waals surface area (Å²) in [5.41, 5.74) is 4.72. The molecule has 0 fully saturated rings. The van der Waals surface area contributed by atoms with E-state index >= 15 is 0 Å². The minimum absolute atomic E-state index is 0.148. The van der Waals surface area contributed by atoms with Gasteiger partial charge in [-0.15, -0.1) is 6.42 Å². The Labute approximate surface area is 142 Å². The third-order valence-corrected chi connectivity index (χ3v) is 3.82. The van der Waals surface area contributed by atoms with Crippen LogP contribution in [0.1, 0.15) is 31.4 Å². The monoisotopic (exact) mass is 317 g/mol. The van der Waals surface area contributed by atoms with Crippen LogP contribution in [0, 0.1) is 22.5 Å². The van der Waals surface area contributed by atoms with E-state index in [1.165, 1.54) is 0 Å². The third kappa shape index (κ3) is 3.99. The SMILES string of the molecule is C#C/C=C\C(=C/C)c1ccc(C2=CC=C(C)CC=C2[N+](=O)[O-])cc1. The molecule has 0 aliphatic heterocycles. The summed E-state index contributed by atoms with van der Waals surface area (Å²) in [7, 11) is 0. The van der Waals surface area contributed by atoms with E-state index in [0.717, 1.165) is 22.3 Å². The molecular formula is C21H19NO2. The highest BCUT2D eigenvalue weighted by atomic mass is 16.6. The molecule has 0 heterocycles. The first-order valence-electron chi connectivity index (χ1n) is 7.69. The molecule has 120 valence electrons. The highest BCUT2D eigenvalue weighted by molar-refractivity contribution is 5.81. The number of hydrogen-bond acceptors (Lipinski definition) is 2. The molecule has 0 unspecified atom stereocenters. The smallest absolute Gasteiger partial charge is 0.258 e. The Morgan fingerprint density at radius 3 is 2.58 bits per heavy atom. The number of allylic oxidation sites excluding steroid dienone is 9. The predicted octanol–water partition coefficient (Wildman–Crippen LogP) is 5.17. The lowest BCUT2D eigenvalue weighted by atomic mass is 9.98. The average Bonchev–Trinajstić information content (AvgIpc) is 2.78. The van der Waals surface area contributed by atoms with Gasteiger partial charge in [0.1, 0.15) is 0 Å². The number of nitro groups is 1. The number of terminal acetylenes is 1. The summed E-state index contributed by atoms with van der Waals surface area (Å²) in [6, 6.07) is 7.71. The van der Waals surface area contributed by atoms with Crippen molar-refractivity contribution in [2.24, 2.45) is 0 Å². The molecule has 1 aliphatic rings. The Bertz CT molecular complexity index is 826. The summed E-state index contributed by atoms with van der Waals surface area (Å²) in [6.07, 6.45) is 16.8. The molecule has 2 rings (SSSR count). The van der Waals surface area contributed by atoms with Crippen LogP contribution in [0.2, 0.25) is 0 Å². The molecule has 0 amide bonds. The second-order valence-electron chi connectivity index (χ2n) is 5.47. The molecule has 0 bridgehead atoms. The van der Waals surface area contributed by atoms with Crippen molar-refractivity contribution in [1.82, 2.24) is 0 Å². The van der Waals surface area contributed by atoms with Crippen LogP contribution in [0.15, 0.2) is 72.0 Å². The Kier molecular flexibility index (Phi) is 5.70. The van der Waals surface area contributed by atoms with Gasteiger partial charge in [-0.1, -0.05) is 47.9 Å². The maximum atomic E-state index is 11.4. The Morgan fingerprint density at radius 1 is 1.29 bits per heavy atom. The number of hydrogen-bond donors (Lipinski definition) is 0. The first-order chi connectivity index (χ1) is 11.6. The van der Waals surface area contributed by atoms with Gasteiger partial charge in [0.25, 0.3) is 5.70 Å². The van der Waals surface area contributed by atoms with Crippen LogP contribution in [0.5, 0.6) is 0 Å². The molecule has 1 aromatic rings. The Balaban J connectivity index is 2.41. The summed E-state index contributed by atoms with van der Waals surface area (Å²) in [6.45, 7) is 3.91. The molecule has 0 aromatic heterocycles. The van der Waals surface area contributed by atoms with Crippen LogP contribution in [-0.2, 0) is 0 Å². The first kappa shape index (κ1) is 17.2. The maximum absolute atomic E-state index is 11.4. The van der Waals surface area contributed by atoms with Crippen molar-refractivity contribution in [3.63, 3.8) is 0 Å². The van der Waals surface area contributed by atoms with Crippen molar-refractivity contribution in [1.29, 1.82) is 0 Å². The van der Waals surface area contributed by atoms with Gasteiger partial charge in [-0.05, 0) is 61.3 Å². The Morgan fingerprint density at radius 2 is 2.00 bits per heavy atom. The predicted molar refractivity (Wildman–Crippen MR) is 99.5 cm³/mol. The third-order valence-electron chi connectivity index (χ3n) is 3.82. The molecule has 1 aliphatic carbocycles. The summed E-state index contributed by atoms with van der Waals surface area (Å²) in [4.78, 5) is 11.1. The summed E-state index contributed by atoms with van der Waals surface area (Å²) in [5, 5.41) is 11.4. The highest BCUT2D eigenvalue weighted by Gasteiger charge is 2.20. The van der Waals surface area contributed by atoms with Gasteiger partial charge < -0.3 is 0 Å². The van der Waals surface area contributed by atoms with Crippen molar-refractivity contribution >= 4 is 11.1 Å². The van der Waals surface area contributed by atoms with Crippen molar-refractivity contribution < 1.29 is 4.92 Å². The molecular weight excluding hydrogens is 298 g/mol. The fraction of sp³-hybridized carbons (Fsp3) is 0.143. The number of nitrogens with zero attached hydrogens (tertiary/aromatic N) is 1. The minimum atomic E-state index is -0.320. The van der Waals surface area contributed by atoms with Crippen LogP contribution < -0.4 is 0 Å². The fourth-order valence-electron chi connectivity index (χ4n) is 2.50.